The molecule has 2 N–H and O–H groups in total. The molecule has 0 unspecified atom stereocenters. The van der Waals surface area contributed by atoms with Crippen LogP contribution in [0.15, 0.2) is 18.2 Å². The summed E-state index contributed by atoms with van der Waals surface area (Å²) >= 11 is 0. The van der Waals surface area contributed by atoms with Gasteiger partial charge < -0.3 is 5.73 Å². The molecule has 0 aliphatic heterocycles. The van der Waals surface area contributed by atoms with Crippen molar-refractivity contribution in [2.75, 3.05) is 0 Å². The second-order valence-electron chi connectivity index (χ2n) is 4.58. The minimum atomic E-state index is -0.138. The molecule has 90 valence electrons. The molecule has 0 bridgehead atoms. The average Bonchev–Trinajstić information content (AvgIpc) is 2.74. The highest BCUT2D eigenvalue weighted by Gasteiger charge is 2.23. The molecule has 0 saturated heterocycles. The molecule has 1 nitrogen and oxygen atoms in total. The Labute approximate surface area is 103 Å². The van der Waals surface area contributed by atoms with E-state index in [1.165, 1.54) is 25.7 Å². The smallest absolute Gasteiger partial charge is 0.126 e. The fourth-order valence-electron chi connectivity index (χ4n) is 2.41. The quantitative estimate of drug-likeness (QED) is 0.841. The molecule has 16 heavy (non-hydrogen) atoms. The first kappa shape index (κ1) is 13.5. The molecule has 1 atom stereocenters. The van der Waals surface area contributed by atoms with Crippen molar-refractivity contribution in [3.63, 3.8) is 0 Å². The van der Waals surface area contributed by atoms with Gasteiger partial charge in [0.15, 0.2) is 0 Å². The number of hydrogen-bond donors (Lipinski definition) is 1. The van der Waals surface area contributed by atoms with Gasteiger partial charge in [-0.3, -0.25) is 0 Å². The number of nitrogens with two attached hydrogens (primary N) is 1. The van der Waals surface area contributed by atoms with Crippen molar-refractivity contribution >= 4 is 12.4 Å². The molecule has 0 aromatic heterocycles. The zero-order valence-electron chi connectivity index (χ0n) is 9.58. The molecule has 1 fully saturated rings. The predicted octanol–water partition coefficient (Wildman–Crippen LogP) is 3.75. The Morgan fingerprint density at radius 2 is 1.94 bits per heavy atom. The van der Waals surface area contributed by atoms with Crippen LogP contribution in [0.4, 0.5) is 4.39 Å². The summed E-state index contributed by atoms with van der Waals surface area (Å²) in [4.78, 5) is 0. The molecule has 0 spiro atoms. The van der Waals surface area contributed by atoms with Crippen molar-refractivity contribution in [2.45, 2.75) is 38.6 Å². The van der Waals surface area contributed by atoms with Crippen LogP contribution in [0.3, 0.4) is 0 Å². The first-order chi connectivity index (χ1) is 7.18. The molecule has 1 aromatic carbocycles. The maximum absolute atomic E-state index is 13.4. The predicted molar refractivity (Wildman–Crippen MR) is 67.3 cm³/mol. The van der Waals surface area contributed by atoms with Crippen molar-refractivity contribution in [1.29, 1.82) is 0 Å². The summed E-state index contributed by atoms with van der Waals surface area (Å²) in [5, 5.41) is 0. The van der Waals surface area contributed by atoms with E-state index in [2.05, 4.69) is 0 Å². The summed E-state index contributed by atoms with van der Waals surface area (Å²) in [5.41, 5.74) is 7.79. The first-order valence-corrected chi connectivity index (χ1v) is 5.70. The molecule has 3 heteroatoms. The Balaban J connectivity index is 0.00000128. The van der Waals surface area contributed by atoms with Crippen molar-refractivity contribution < 1.29 is 4.39 Å². The van der Waals surface area contributed by atoms with Gasteiger partial charge in [-0.1, -0.05) is 25.0 Å². The monoisotopic (exact) mass is 243 g/mol. The molecule has 2 rings (SSSR count). The van der Waals surface area contributed by atoms with E-state index in [-0.39, 0.29) is 24.3 Å². The zero-order chi connectivity index (χ0) is 10.8. The van der Waals surface area contributed by atoms with Crippen LogP contribution >= 0.6 is 12.4 Å². The van der Waals surface area contributed by atoms with E-state index in [0.717, 1.165) is 5.56 Å². The number of benzene rings is 1. The molecular weight excluding hydrogens is 225 g/mol. The van der Waals surface area contributed by atoms with Gasteiger partial charge in [-0.25, -0.2) is 4.39 Å². The maximum Gasteiger partial charge on any atom is 0.126 e. The lowest BCUT2D eigenvalue weighted by Gasteiger charge is -2.19. The summed E-state index contributed by atoms with van der Waals surface area (Å²) in [6.45, 7) is 1.78. The van der Waals surface area contributed by atoms with Crippen LogP contribution in [0.25, 0.3) is 0 Å². The van der Waals surface area contributed by atoms with Gasteiger partial charge >= 0.3 is 0 Å². The van der Waals surface area contributed by atoms with Crippen LogP contribution in [0.2, 0.25) is 0 Å². The lowest BCUT2D eigenvalue weighted by molar-refractivity contribution is 0.443. The topological polar surface area (TPSA) is 26.0 Å². The number of rotatable bonds is 2. The van der Waals surface area contributed by atoms with Gasteiger partial charge in [0.2, 0.25) is 0 Å². The summed E-state index contributed by atoms with van der Waals surface area (Å²) in [6, 6.07) is 5.39. The van der Waals surface area contributed by atoms with Crippen LogP contribution in [0.1, 0.15) is 42.9 Å². The third-order valence-corrected chi connectivity index (χ3v) is 3.49. The molecular formula is C13H19ClFN. The number of aryl methyl sites for hydroxylation is 1. The largest absolute Gasteiger partial charge is 0.324 e. The maximum atomic E-state index is 13.4. The SMILES string of the molecule is Cc1ccc([C@H](N)C2CCCC2)cc1F.Cl. The Morgan fingerprint density at radius 1 is 1.31 bits per heavy atom. The highest BCUT2D eigenvalue weighted by molar-refractivity contribution is 5.85. The molecule has 1 saturated carbocycles. The average molecular weight is 244 g/mol. The molecule has 0 radical (unpaired) electrons. The molecule has 1 aliphatic carbocycles. The van der Waals surface area contributed by atoms with E-state index in [0.29, 0.717) is 11.5 Å². The van der Waals surface area contributed by atoms with Gasteiger partial charge in [0.1, 0.15) is 5.82 Å². The van der Waals surface area contributed by atoms with E-state index < -0.39 is 0 Å². The van der Waals surface area contributed by atoms with Crippen molar-refractivity contribution in [2.24, 2.45) is 11.7 Å². The minimum absolute atomic E-state index is 0. The highest BCUT2D eigenvalue weighted by Crippen LogP contribution is 2.34. The van der Waals surface area contributed by atoms with E-state index in [9.17, 15) is 4.39 Å². The van der Waals surface area contributed by atoms with Crippen LogP contribution in [0.5, 0.6) is 0 Å². The normalized spacial score (nSPS) is 18.2. The number of halogens is 2. The third-order valence-electron chi connectivity index (χ3n) is 3.49. The van der Waals surface area contributed by atoms with Crippen molar-refractivity contribution in [3.8, 4) is 0 Å². The highest BCUT2D eigenvalue weighted by atomic mass is 35.5. The van der Waals surface area contributed by atoms with E-state index in [1.54, 1.807) is 13.0 Å². The lowest BCUT2D eigenvalue weighted by Crippen LogP contribution is -2.19. The molecule has 1 aliphatic rings. The van der Waals surface area contributed by atoms with Crippen LogP contribution < -0.4 is 5.73 Å². The molecule has 1 aromatic rings. The number of hydrogen-bond acceptors (Lipinski definition) is 1. The second-order valence-corrected chi connectivity index (χ2v) is 4.58. The lowest BCUT2D eigenvalue weighted by atomic mass is 9.92. The van der Waals surface area contributed by atoms with Gasteiger partial charge in [0.25, 0.3) is 0 Å². The van der Waals surface area contributed by atoms with E-state index in [4.69, 9.17) is 5.73 Å². The minimum Gasteiger partial charge on any atom is -0.324 e. The molecule has 0 heterocycles. The zero-order valence-corrected chi connectivity index (χ0v) is 10.4. The summed E-state index contributed by atoms with van der Waals surface area (Å²) < 4.78 is 13.4. The van der Waals surface area contributed by atoms with E-state index in [1.807, 2.05) is 12.1 Å². The van der Waals surface area contributed by atoms with Gasteiger partial charge in [0.05, 0.1) is 0 Å². The molecule has 0 amide bonds. The fourth-order valence-corrected chi connectivity index (χ4v) is 2.41. The Kier molecular flexibility index (Phi) is 4.75. The van der Waals surface area contributed by atoms with Crippen molar-refractivity contribution in [3.05, 3.63) is 35.1 Å². The van der Waals surface area contributed by atoms with Crippen LogP contribution in [-0.2, 0) is 0 Å². The summed E-state index contributed by atoms with van der Waals surface area (Å²) in [7, 11) is 0. The van der Waals surface area contributed by atoms with Gasteiger partial charge in [0, 0.05) is 6.04 Å². The standard InChI is InChI=1S/C13H18FN.ClH/c1-9-6-7-11(8-12(9)14)13(15)10-4-2-3-5-10;/h6-8,10,13H,2-5,15H2,1H3;1H/t13-;/m1./s1. The fraction of sp³-hybridized carbons (Fsp3) is 0.538. The Morgan fingerprint density at radius 3 is 2.50 bits per heavy atom. The summed E-state index contributed by atoms with van der Waals surface area (Å²) in [5.74, 6) is 0.410. The first-order valence-electron chi connectivity index (χ1n) is 5.70. The van der Waals surface area contributed by atoms with Gasteiger partial charge in [-0.2, -0.15) is 0 Å². The summed E-state index contributed by atoms with van der Waals surface area (Å²) in [6.07, 6.45) is 4.92. The van der Waals surface area contributed by atoms with Crippen LogP contribution in [0, 0.1) is 18.7 Å². The Bertz CT molecular complexity index is 348. The van der Waals surface area contributed by atoms with E-state index >= 15 is 0 Å². The van der Waals surface area contributed by atoms with Crippen LogP contribution in [-0.4, -0.2) is 0 Å². The van der Waals surface area contributed by atoms with Crippen molar-refractivity contribution in [1.82, 2.24) is 0 Å². The second kappa shape index (κ2) is 5.65. The van der Waals surface area contributed by atoms with Gasteiger partial charge in [-0.05, 0) is 42.9 Å². The van der Waals surface area contributed by atoms with Gasteiger partial charge in [-0.15, -0.1) is 12.4 Å². The Hall–Kier alpha value is -0.600. The third kappa shape index (κ3) is 2.74.